The number of aromatic nitrogens is 4. The van der Waals surface area contributed by atoms with Gasteiger partial charge in [0.1, 0.15) is 6.33 Å². The first-order valence-corrected chi connectivity index (χ1v) is 5.22. The maximum Gasteiger partial charge on any atom is 0.383 e. The molecule has 0 saturated heterocycles. The van der Waals surface area contributed by atoms with Gasteiger partial charge in [0.25, 0.3) is 0 Å². The molecule has 2 aromatic rings. The summed E-state index contributed by atoms with van der Waals surface area (Å²) in [4.78, 5) is 11.1. The summed E-state index contributed by atoms with van der Waals surface area (Å²) in [7, 11) is 0. The first-order valence-electron chi connectivity index (χ1n) is 5.22. The third kappa shape index (κ3) is 2.73. The van der Waals surface area contributed by atoms with Crippen LogP contribution in [-0.2, 0) is 4.79 Å². The van der Waals surface area contributed by atoms with E-state index in [9.17, 15) is 22.4 Å². The van der Waals surface area contributed by atoms with Gasteiger partial charge in [0.15, 0.2) is 0 Å². The summed E-state index contributed by atoms with van der Waals surface area (Å²) in [5.41, 5.74) is 0.288. The molecule has 1 N–H and O–H groups in total. The summed E-state index contributed by atoms with van der Waals surface area (Å²) < 4.78 is 50.9. The fraction of sp³-hybridized carbons (Fsp3) is 0.200. The highest BCUT2D eigenvalue weighted by Crippen LogP contribution is 2.25. The van der Waals surface area contributed by atoms with Gasteiger partial charge in [-0.15, -0.1) is 5.10 Å². The van der Waals surface area contributed by atoms with E-state index in [1.54, 1.807) is 5.32 Å². The maximum absolute atomic E-state index is 12.8. The SMILES string of the molecule is O=C(Nc1cccc(-n2cnnn2)c1)C(F)(F)C(F)F. The van der Waals surface area contributed by atoms with Crippen molar-refractivity contribution in [3.8, 4) is 5.69 Å². The molecule has 2 rings (SSSR count). The lowest BCUT2D eigenvalue weighted by atomic mass is 10.2. The number of nitrogens with zero attached hydrogens (tertiary/aromatic N) is 4. The molecule has 20 heavy (non-hydrogen) atoms. The van der Waals surface area contributed by atoms with Crippen LogP contribution in [0.15, 0.2) is 30.6 Å². The van der Waals surface area contributed by atoms with Crippen molar-refractivity contribution in [1.82, 2.24) is 20.2 Å². The third-order valence-corrected chi connectivity index (χ3v) is 2.29. The van der Waals surface area contributed by atoms with E-state index in [-0.39, 0.29) is 5.69 Å². The summed E-state index contributed by atoms with van der Waals surface area (Å²) in [5, 5.41) is 12.0. The average molecular weight is 289 g/mol. The van der Waals surface area contributed by atoms with E-state index in [1.807, 2.05) is 0 Å². The van der Waals surface area contributed by atoms with Crippen LogP contribution in [0.2, 0.25) is 0 Å². The number of rotatable bonds is 4. The first-order chi connectivity index (χ1) is 9.41. The minimum atomic E-state index is -4.76. The van der Waals surface area contributed by atoms with Gasteiger partial charge < -0.3 is 5.32 Å². The zero-order valence-corrected chi connectivity index (χ0v) is 9.67. The first kappa shape index (κ1) is 13.9. The molecule has 0 aliphatic rings. The zero-order valence-electron chi connectivity index (χ0n) is 9.67. The molecule has 0 radical (unpaired) electrons. The quantitative estimate of drug-likeness (QED) is 0.866. The van der Waals surface area contributed by atoms with Crippen LogP contribution in [0.1, 0.15) is 0 Å². The summed E-state index contributed by atoms with van der Waals surface area (Å²) in [6, 6.07) is 5.49. The average Bonchev–Trinajstić information content (AvgIpc) is 2.92. The highest BCUT2D eigenvalue weighted by molar-refractivity contribution is 5.96. The summed E-state index contributed by atoms with van der Waals surface area (Å²) in [5.74, 6) is -6.84. The van der Waals surface area contributed by atoms with Crippen LogP contribution in [0.5, 0.6) is 0 Å². The van der Waals surface area contributed by atoms with E-state index in [2.05, 4.69) is 15.5 Å². The number of hydrogen-bond acceptors (Lipinski definition) is 4. The molecule has 0 aliphatic heterocycles. The molecule has 0 fully saturated rings. The molecule has 0 bridgehead atoms. The number of alkyl halides is 4. The number of benzene rings is 1. The Morgan fingerprint density at radius 2 is 2.10 bits per heavy atom. The lowest BCUT2D eigenvalue weighted by Gasteiger charge is -2.15. The molecule has 106 valence electrons. The number of anilines is 1. The molecule has 1 aromatic carbocycles. The van der Waals surface area contributed by atoms with Crippen molar-refractivity contribution in [3.63, 3.8) is 0 Å². The normalized spacial score (nSPS) is 11.7. The Balaban J connectivity index is 2.19. The topological polar surface area (TPSA) is 72.7 Å². The Kier molecular flexibility index (Phi) is 3.63. The molecule has 6 nitrogen and oxygen atoms in total. The van der Waals surface area contributed by atoms with Gasteiger partial charge in [0.2, 0.25) is 0 Å². The van der Waals surface area contributed by atoms with Gasteiger partial charge >= 0.3 is 18.3 Å². The number of carbonyl (C=O) groups is 1. The predicted molar refractivity (Wildman–Crippen MR) is 58.7 cm³/mol. The van der Waals surface area contributed by atoms with Crippen LogP contribution in [0, 0.1) is 0 Å². The highest BCUT2D eigenvalue weighted by Gasteiger charge is 2.48. The molecule has 0 atom stereocenters. The second-order valence-electron chi connectivity index (χ2n) is 3.68. The minimum absolute atomic E-state index is 0.0803. The summed E-state index contributed by atoms with van der Waals surface area (Å²) >= 11 is 0. The Morgan fingerprint density at radius 3 is 2.70 bits per heavy atom. The van der Waals surface area contributed by atoms with Crippen molar-refractivity contribution in [2.75, 3.05) is 5.32 Å². The van der Waals surface area contributed by atoms with Crippen LogP contribution in [0.3, 0.4) is 0 Å². The Morgan fingerprint density at radius 1 is 1.35 bits per heavy atom. The number of amides is 1. The summed E-state index contributed by atoms with van der Waals surface area (Å²) in [6.07, 6.45) is -2.83. The second kappa shape index (κ2) is 5.23. The Labute approximate surface area is 109 Å². The fourth-order valence-electron chi connectivity index (χ4n) is 1.32. The smallest absolute Gasteiger partial charge is 0.321 e. The second-order valence-corrected chi connectivity index (χ2v) is 3.68. The number of hydrogen-bond donors (Lipinski definition) is 1. The van der Waals surface area contributed by atoms with Gasteiger partial charge in [-0.2, -0.15) is 8.78 Å². The van der Waals surface area contributed by atoms with Gasteiger partial charge in [-0.05, 0) is 28.6 Å². The minimum Gasteiger partial charge on any atom is -0.321 e. The van der Waals surface area contributed by atoms with Crippen molar-refractivity contribution in [3.05, 3.63) is 30.6 Å². The molecule has 1 aromatic heterocycles. The van der Waals surface area contributed by atoms with Crippen molar-refractivity contribution < 1.29 is 22.4 Å². The van der Waals surface area contributed by atoms with Gasteiger partial charge in [-0.3, -0.25) is 4.79 Å². The molecule has 0 saturated carbocycles. The Bertz CT molecular complexity index is 601. The number of halogens is 4. The van der Waals surface area contributed by atoms with Gasteiger partial charge in [-0.25, -0.2) is 13.5 Å². The van der Waals surface area contributed by atoms with Crippen molar-refractivity contribution in [1.29, 1.82) is 0 Å². The van der Waals surface area contributed by atoms with E-state index < -0.39 is 18.3 Å². The van der Waals surface area contributed by atoms with Gasteiger partial charge in [0.05, 0.1) is 5.69 Å². The van der Waals surface area contributed by atoms with Crippen LogP contribution in [0.25, 0.3) is 5.69 Å². The van der Waals surface area contributed by atoms with E-state index in [0.717, 1.165) is 0 Å². The largest absolute Gasteiger partial charge is 0.383 e. The van der Waals surface area contributed by atoms with E-state index >= 15 is 0 Å². The molecule has 10 heteroatoms. The predicted octanol–water partition coefficient (Wildman–Crippen LogP) is 1.50. The van der Waals surface area contributed by atoms with Crippen LogP contribution in [-0.4, -0.2) is 38.5 Å². The number of nitrogens with one attached hydrogen (secondary N) is 1. The van der Waals surface area contributed by atoms with Crippen LogP contribution < -0.4 is 5.32 Å². The lowest BCUT2D eigenvalue weighted by Crippen LogP contribution is -2.40. The van der Waals surface area contributed by atoms with Gasteiger partial charge in [0, 0.05) is 5.69 Å². The molecule has 0 spiro atoms. The van der Waals surface area contributed by atoms with Crippen LogP contribution in [0.4, 0.5) is 23.2 Å². The van der Waals surface area contributed by atoms with Crippen molar-refractivity contribution in [2.45, 2.75) is 12.3 Å². The molecule has 0 aliphatic carbocycles. The van der Waals surface area contributed by atoms with Crippen molar-refractivity contribution >= 4 is 11.6 Å². The molecular weight excluding hydrogens is 282 g/mol. The summed E-state index contributed by atoms with van der Waals surface area (Å²) in [6.45, 7) is 0. The molecular formula is C10H7F4N5O. The lowest BCUT2D eigenvalue weighted by molar-refractivity contribution is -0.163. The van der Waals surface area contributed by atoms with Gasteiger partial charge in [-0.1, -0.05) is 6.07 Å². The third-order valence-electron chi connectivity index (χ3n) is 2.29. The molecule has 0 unspecified atom stereocenters. The van der Waals surface area contributed by atoms with E-state index in [1.165, 1.54) is 35.3 Å². The molecule has 1 amide bonds. The van der Waals surface area contributed by atoms with E-state index in [0.29, 0.717) is 5.69 Å². The monoisotopic (exact) mass is 289 g/mol. The van der Waals surface area contributed by atoms with E-state index in [4.69, 9.17) is 0 Å². The Hall–Kier alpha value is -2.52. The maximum atomic E-state index is 12.8. The van der Waals surface area contributed by atoms with Crippen molar-refractivity contribution in [2.24, 2.45) is 0 Å². The highest BCUT2D eigenvalue weighted by atomic mass is 19.3. The number of tetrazole rings is 1. The zero-order chi connectivity index (χ0) is 14.8. The van der Waals surface area contributed by atoms with Crippen LogP contribution >= 0.6 is 0 Å². The fourth-order valence-corrected chi connectivity index (χ4v) is 1.32. The standard InChI is InChI=1S/C10H7F4N5O/c11-8(12)10(13,14)9(20)16-6-2-1-3-7(4-6)19-5-15-17-18-19/h1-5,8H,(H,16,20). The molecule has 1 heterocycles. The number of carbonyl (C=O) groups excluding carboxylic acids is 1.